The van der Waals surface area contributed by atoms with Gasteiger partial charge >= 0.3 is 0 Å². The third-order valence-corrected chi connectivity index (χ3v) is 3.17. The van der Waals surface area contributed by atoms with Crippen molar-refractivity contribution in [1.82, 2.24) is 5.32 Å². The Labute approximate surface area is 92.8 Å². The fourth-order valence-corrected chi connectivity index (χ4v) is 1.93. The molecule has 0 spiro atoms. The molecule has 3 N–H and O–H groups in total. The molecular formula is C12H24N2O. The molecule has 3 heteroatoms. The highest BCUT2D eigenvalue weighted by atomic mass is 16.2. The lowest BCUT2D eigenvalue weighted by atomic mass is 9.86. The molecule has 3 nitrogen and oxygen atoms in total. The van der Waals surface area contributed by atoms with Gasteiger partial charge in [0.1, 0.15) is 0 Å². The van der Waals surface area contributed by atoms with Crippen LogP contribution in [0.3, 0.4) is 0 Å². The van der Waals surface area contributed by atoms with Gasteiger partial charge in [-0.1, -0.05) is 40.0 Å². The molecule has 0 aliphatic heterocycles. The summed E-state index contributed by atoms with van der Waals surface area (Å²) >= 11 is 0. The van der Waals surface area contributed by atoms with E-state index in [0.717, 1.165) is 12.8 Å². The molecule has 1 atom stereocenters. The maximum atomic E-state index is 11.8. The summed E-state index contributed by atoms with van der Waals surface area (Å²) in [7, 11) is 0. The first-order valence-electron chi connectivity index (χ1n) is 5.97. The summed E-state index contributed by atoms with van der Waals surface area (Å²) in [5.41, 5.74) is 5.75. The minimum absolute atomic E-state index is 0.00870. The largest absolute Gasteiger partial charge is 0.352 e. The topological polar surface area (TPSA) is 55.1 Å². The standard InChI is InChI=1S/C12H24N2O/c1-12(2,3)10(13)11(15)14-9-7-5-4-6-8-9/h9-10H,4-8,13H2,1-3H3,(H,14,15)/t10-/m0/s1. The van der Waals surface area contributed by atoms with Gasteiger partial charge in [0.05, 0.1) is 6.04 Å². The van der Waals surface area contributed by atoms with E-state index in [1.807, 2.05) is 20.8 Å². The summed E-state index contributed by atoms with van der Waals surface area (Å²) in [4.78, 5) is 11.8. The highest BCUT2D eigenvalue weighted by Gasteiger charge is 2.28. The Hall–Kier alpha value is -0.570. The van der Waals surface area contributed by atoms with Gasteiger partial charge in [-0.2, -0.15) is 0 Å². The zero-order chi connectivity index (χ0) is 11.5. The number of carbonyl (C=O) groups is 1. The van der Waals surface area contributed by atoms with Crippen molar-refractivity contribution < 1.29 is 4.79 Å². The summed E-state index contributed by atoms with van der Waals surface area (Å²) < 4.78 is 0. The van der Waals surface area contributed by atoms with E-state index in [1.165, 1.54) is 19.3 Å². The molecule has 0 bridgehead atoms. The van der Waals surface area contributed by atoms with Crippen molar-refractivity contribution in [1.29, 1.82) is 0 Å². The highest BCUT2D eigenvalue weighted by Crippen LogP contribution is 2.20. The second-order valence-corrected chi connectivity index (χ2v) is 5.69. The average molecular weight is 212 g/mol. The van der Waals surface area contributed by atoms with Gasteiger partial charge in [-0.05, 0) is 18.3 Å². The van der Waals surface area contributed by atoms with Crippen LogP contribution in [0.15, 0.2) is 0 Å². The van der Waals surface area contributed by atoms with Crippen LogP contribution in [0.4, 0.5) is 0 Å². The molecule has 0 unspecified atom stereocenters. The SMILES string of the molecule is CC(C)(C)[C@@H](N)C(=O)NC1CCCCC1. The Morgan fingerprint density at radius 1 is 1.27 bits per heavy atom. The van der Waals surface area contributed by atoms with E-state index in [9.17, 15) is 4.79 Å². The summed E-state index contributed by atoms with van der Waals surface area (Å²) in [6.45, 7) is 5.99. The average Bonchev–Trinajstić information content (AvgIpc) is 2.16. The van der Waals surface area contributed by atoms with E-state index in [1.54, 1.807) is 0 Å². The third kappa shape index (κ3) is 3.82. The van der Waals surface area contributed by atoms with Crippen LogP contribution in [0.5, 0.6) is 0 Å². The zero-order valence-corrected chi connectivity index (χ0v) is 10.2. The van der Waals surface area contributed by atoms with Crippen LogP contribution in [-0.2, 0) is 4.79 Å². The Morgan fingerprint density at radius 2 is 1.80 bits per heavy atom. The number of hydrogen-bond acceptors (Lipinski definition) is 2. The van der Waals surface area contributed by atoms with Gasteiger partial charge in [-0.25, -0.2) is 0 Å². The van der Waals surface area contributed by atoms with Crippen molar-refractivity contribution in [2.45, 2.75) is 65.0 Å². The lowest BCUT2D eigenvalue weighted by Gasteiger charge is -2.29. The normalized spacial score (nSPS) is 21.1. The monoisotopic (exact) mass is 212 g/mol. The van der Waals surface area contributed by atoms with Gasteiger partial charge in [0.15, 0.2) is 0 Å². The molecule has 1 aliphatic carbocycles. The van der Waals surface area contributed by atoms with Crippen LogP contribution >= 0.6 is 0 Å². The second kappa shape index (κ2) is 4.97. The predicted octanol–water partition coefficient (Wildman–Crippen LogP) is 1.81. The van der Waals surface area contributed by atoms with Crippen molar-refractivity contribution in [3.63, 3.8) is 0 Å². The van der Waals surface area contributed by atoms with Gasteiger partial charge < -0.3 is 11.1 Å². The smallest absolute Gasteiger partial charge is 0.237 e. The number of rotatable bonds is 2. The van der Waals surface area contributed by atoms with E-state index in [-0.39, 0.29) is 11.3 Å². The first-order valence-corrected chi connectivity index (χ1v) is 5.97. The Kier molecular flexibility index (Phi) is 4.14. The van der Waals surface area contributed by atoms with Crippen LogP contribution in [-0.4, -0.2) is 18.0 Å². The molecule has 15 heavy (non-hydrogen) atoms. The Bertz CT molecular complexity index is 214. The Morgan fingerprint density at radius 3 is 2.27 bits per heavy atom. The quantitative estimate of drug-likeness (QED) is 0.733. The lowest BCUT2D eigenvalue weighted by molar-refractivity contribution is -0.125. The summed E-state index contributed by atoms with van der Waals surface area (Å²) in [5.74, 6) is 0.00870. The lowest BCUT2D eigenvalue weighted by Crippen LogP contribution is -2.51. The van der Waals surface area contributed by atoms with Crippen LogP contribution in [0.1, 0.15) is 52.9 Å². The van der Waals surface area contributed by atoms with Crippen molar-refractivity contribution in [2.75, 3.05) is 0 Å². The van der Waals surface area contributed by atoms with Gasteiger partial charge in [0, 0.05) is 6.04 Å². The van der Waals surface area contributed by atoms with Crippen molar-refractivity contribution in [2.24, 2.45) is 11.1 Å². The molecule has 1 aliphatic rings. The molecule has 1 rings (SSSR count). The molecule has 1 amide bonds. The maximum Gasteiger partial charge on any atom is 0.237 e. The second-order valence-electron chi connectivity index (χ2n) is 5.69. The Balaban J connectivity index is 2.40. The summed E-state index contributed by atoms with van der Waals surface area (Å²) in [6, 6.07) is -0.0425. The van der Waals surface area contributed by atoms with Gasteiger partial charge in [-0.3, -0.25) is 4.79 Å². The van der Waals surface area contributed by atoms with E-state index in [0.29, 0.717) is 6.04 Å². The summed E-state index contributed by atoms with van der Waals surface area (Å²) in [6.07, 6.45) is 5.99. The third-order valence-electron chi connectivity index (χ3n) is 3.17. The molecule has 0 saturated heterocycles. The van der Waals surface area contributed by atoms with E-state index < -0.39 is 6.04 Å². The molecule has 1 fully saturated rings. The molecular weight excluding hydrogens is 188 g/mol. The van der Waals surface area contributed by atoms with Crippen molar-refractivity contribution in [3.05, 3.63) is 0 Å². The number of nitrogens with two attached hydrogens (primary N) is 1. The van der Waals surface area contributed by atoms with Crippen molar-refractivity contribution >= 4 is 5.91 Å². The van der Waals surface area contributed by atoms with Crippen molar-refractivity contribution in [3.8, 4) is 0 Å². The minimum atomic E-state index is -0.403. The molecule has 0 aromatic rings. The van der Waals surface area contributed by atoms with Crippen LogP contribution in [0.2, 0.25) is 0 Å². The molecule has 0 aromatic heterocycles. The first kappa shape index (κ1) is 12.5. The number of nitrogens with one attached hydrogen (secondary N) is 1. The fraction of sp³-hybridized carbons (Fsp3) is 0.917. The maximum absolute atomic E-state index is 11.8. The zero-order valence-electron chi connectivity index (χ0n) is 10.2. The number of carbonyl (C=O) groups excluding carboxylic acids is 1. The highest BCUT2D eigenvalue weighted by molar-refractivity contribution is 5.82. The van der Waals surface area contributed by atoms with Crippen LogP contribution in [0, 0.1) is 5.41 Å². The molecule has 0 radical (unpaired) electrons. The van der Waals surface area contributed by atoms with Crippen LogP contribution in [0.25, 0.3) is 0 Å². The van der Waals surface area contributed by atoms with E-state index >= 15 is 0 Å². The summed E-state index contributed by atoms with van der Waals surface area (Å²) in [5, 5.41) is 3.06. The van der Waals surface area contributed by atoms with E-state index in [4.69, 9.17) is 5.73 Å². The van der Waals surface area contributed by atoms with Gasteiger partial charge in [0.2, 0.25) is 5.91 Å². The van der Waals surface area contributed by atoms with Crippen LogP contribution < -0.4 is 11.1 Å². The fourth-order valence-electron chi connectivity index (χ4n) is 1.93. The molecule has 1 saturated carbocycles. The minimum Gasteiger partial charge on any atom is -0.352 e. The first-order chi connectivity index (χ1) is 6.91. The number of hydrogen-bond donors (Lipinski definition) is 2. The number of amides is 1. The van der Waals surface area contributed by atoms with Gasteiger partial charge in [-0.15, -0.1) is 0 Å². The molecule has 88 valence electrons. The molecule has 0 aromatic carbocycles. The van der Waals surface area contributed by atoms with E-state index in [2.05, 4.69) is 5.32 Å². The predicted molar refractivity (Wildman–Crippen MR) is 62.4 cm³/mol. The molecule has 0 heterocycles. The van der Waals surface area contributed by atoms with Gasteiger partial charge in [0.25, 0.3) is 0 Å².